The predicted octanol–water partition coefficient (Wildman–Crippen LogP) is 3.02. The summed E-state index contributed by atoms with van der Waals surface area (Å²) < 4.78 is 0. The minimum atomic E-state index is 0.139. The number of aromatic nitrogens is 2. The van der Waals surface area contributed by atoms with E-state index in [1.165, 1.54) is 32.1 Å². The average Bonchev–Trinajstić information content (AvgIpc) is 3.55. The zero-order valence-corrected chi connectivity index (χ0v) is 17.3. The molecule has 1 saturated heterocycles. The first-order chi connectivity index (χ1) is 13.6. The van der Waals surface area contributed by atoms with E-state index in [1.54, 1.807) is 6.33 Å². The van der Waals surface area contributed by atoms with Gasteiger partial charge in [0.05, 0.1) is 0 Å². The van der Waals surface area contributed by atoms with Crippen LogP contribution in [0.5, 0.6) is 0 Å². The molecule has 7 nitrogen and oxygen atoms in total. The highest BCUT2D eigenvalue weighted by atomic mass is 16.2. The molecular weight excluding hydrogens is 352 g/mol. The first-order valence-electron chi connectivity index (χ1n) is 10.9. The fourth-order valence-corrected chi connectivity index (χ4v) is 4.61. The highest BCUT2D eigenvalue weighted by Crippen LogP contribution is 2.36. The molecule has 1 aromatic heterocycles. The van der Waals surface area contributed by atoms with Gasteiger partial charge in [0.2, 0.25) is 0 Å². The van der Waals surface area contributed by atoms with Crippen molar-refractivity contribution in [2.45, 2.75) is 75.9 Å². The summed E-state index contributed by atoms with van der Waals surface area (Å²) in [7, 11) is 4.02. The summed E-state index contributed by atoms with van der Waals surface area (Å²) in [5.74, 6) is 1.98. The van der Waals surface area contributed by atoms with Gasteiger partial charge in [0.15, 0.2) is 0 Å². The monoisotopic (exact) mass is 386 g/mol. The average molecular weight is 387 g/mol. The van der Waals surface area contributed by atoms with Crippen molar-refractivity contribution in [3.63, 3.8) is 0 Å². The summed E-state index contributed by atoms with van der Waals surface area (Å²) in [5.41, 5.74) is 0. The first kappa shape index (κ1) is 19.3. The summed E-state index contributed by atoms with van der Waals surface area (Å²) in [5, 5.41) is 3.27. The lowest BCUT2D eigenvalue weighted by Gasteiger charge is -2.40. The van der Waals surface area contributed by atoms with E-state index in [1.807, 2.05) is 23.9 Å². The minimum Gasteiger partial charge on any atom is -0.363 e. The second kappa shape index (κ2) is 8.53. The Morgan fingerprint density at radius 1 is 0.964 bits per heavy atom. The van der Waals surface area contributed by atoms with E-state index in [4.69, 9.17) is 0 Å². The molecule has 28 heavy (non-hydrogen) atoms. The molecule has 2 heterocycles. The van der Waals surface area contributed by atoms with Crippen molar-refractivity contribution in [1.82, 2.24) is 20.2 Å². The van der Waals surface area contributed by atoms with E-state index in [2.05, 4.69) is 26.3 Å². The SMILES string of the molecule is CN(C)c1cc(N(C2CC2)C2CCN(C(=O)NC3CCCCC3)CC2)ncn1. The second-order valence-corrected chi connectivity index (χ2v) is 8.77. The molecule has 7 heteroatoms. The highest BCUT2D eigenvalue weighted by Gasteiger charge is 2.37. The van der Waals surface area contributed by atoms with Crippen molar-refractivity contribution in [1.29, 1.82) is 0 Å². The molecule has 0 radical (unpaired) electrons. The van der Waals surface area contributed by atoms with Crippen LogP contribution in [-0.4, -0.2) is 66.2 Å². The number of urea groups is 1. The van der Waals surface area contributed by atoms with Gasteiger partial charge in [-0.2, -0.15) is 0 Å². The second-order valence-electron chi connectivity index (χ2n) is 8.77. The Bertz CT molecular complexity index is 663. The Kier molecular flexibility index (Phi) is 5.87. The predicted molar refractivity (Wildman–Crippen MR) is 112 cm³/mol. The molecule has 0 aromatic carbocycles. The molecular formula is C21H34N6O. The van der Waals surface area contributed by atoms with Gasteiger partial charge in [-0.3, -0.25) is 0 Å². The van der Waals surface area contributed by atoms with Gasteiger partial charge >= 0.3 is 6.03 Å². The van der Waals surface area contributed by atoms with E-state index in [9.17, 15) is 4.79 Å². The molecule has 2 aliphatic carbocycles. The smallest absolute Gasteiger partial charge is 0.317 e. The van der Waals surface area contributed by atoms with Crippen LogP contribution in [0, 0.1) is 0 Å². The van der Waals surface area contributed by atoms with E-state index in [0.29, 0.717) is 18.1 Å². The minimum absolute atomic E-state index is 0.139. The summed E-state index contributed by atoms with van der Waals surface area (Å²) in [6, 6.07) is 3.67. The number of hydrogen-bond acceptors (Lipinski definition) is 5. The number of piperidine rings is 1. The van der Waals surface area contributed by atoms with Gasteiger partial charge in [0, 0.05) is 51.4 Å². The molecule has 154 valence electrons. The number of carbonyl (C=O) groups excluding carboxylic acids is 1. The lowest BCUT2D eigenvalue weighted by molar-refractivity contribution is 0.173. The Balaban J connectivity index is 1.36. The van der Waals surface area contributed by atoms with Crippen molar-refractivity contribution in [2.24, 2.45) is 0 Å². The third-order valence-electron chi connectivity index (χ3n) is 6.38. The van der Waals surface area contributed by atoms with Gasteiger partial charge in [-0.15, -0.1) is 0 Å². The van der Waals surface area contributed by atoms with E-state index in [0.717, 1.165) is 50.4 Å². The van der Waals surface area contributed by atoms with E-state index in [-0.39, 0.29) is 6.03 Å². The van der Waals surface area contributed by atoms with Crippen molar-refractivity contribution >= 4 is 17.7 Å². The highest BCUT2D eigenvalue weighted by molar-refractivity contribution is 5.74. The molecule has 0 atom stereocenters. The van der Waals surface area contributed by atoms with Crippen LogP contribution in [0.4, 0.5) is 16.4 Å². The molecule has 1 aliphatic heterocycles. The lowest BCUT2D eigenvalue weighted by Crippen LogP contribution is -2.52. The maximum absolute atomic E-state index is 12.7. The molecule has 2 saturated carbocycles. The van der Waals surface area contributed by atoms with Crippen molar-refractivity contribution in [3.8, 4) is 0 Å². The van der Waals surface area contributed by atoms with Crippen LogP contribution in [-0.2, 0) is 0 Å². The maximum atomic E-state index is 12.7. The number of carbonyl (C=O) groups is 1. The van der Waals surface area contributed by atoms with Crippen LogP contribution >= 0.6 is 0 Å². The first-order valence-corrected chi connectivity index (χ1v) is 10.9. The van der Waals surface area contributed by atoms with Crippen LogP contribution in [0.15, 0.2) is 12.4 Å². The van der Waals surface area contributed by atoms with Crippen molar-refractivity contribution in [3.05, 3.63) is 12.4 Å². The van der Waals surface area contributed by atoms with Gasteiger partial charge in [-0.1, -0.05) is 19.3 Å². The van der Waals surface area contributed by atoms with Crippen LogP contribution in [0.2, 0.25) is 0 Å². The Hall–Kier alpha value is -2.05. The third-order valence-corrected chi connectivity index (χ3v) is 6.38. The largest absolute Gasteiger partial charge is 0.363 e. The standard InChI is InChI=1S/C21H34N6O/c1-25(2)19-14-20(23-15-22-19)27(17-8-9-17)18-10-12-26(13-11-18)21(28)24-16-6-4-3-5-7-16/h14-18H,3-13H2,1-2H3,(H,24,28). The molecule has 1 N–H and O–H groups in total. The molecule has 0 bridgehead atoms. The third kappa shape index (κ3) is 4.50. The number of hydrogen-bond donors (Lipinski definition) is 1. The fourth-order valence-electron chi connectivity index (χ4n) is 4.61. The Morgan fingerprint density at radius 2 is 1.61 bits per heavy atom. The topological polar surface area (TPSA) is 64.6 Å². The zero-order chi connectivity index (χ0) is 19.5. The normalized spacial score (nSPS) is 21.4. The number of anilines is 2. The van der Waals surface area contributed by atoms with E-state index >= 15 is 0 Å². The van der Waals surface area contributed by atoms with Gasteiger partial charge in [0.25, 0.3) is 0 Å². The van der Waals surface area contributed by atoms with Crippen molar-refractivity contribution < 1.29 is 4.79 Å². The lowest BCUT2D eigenvalue weighted by atomic mass is 9.95. The Morgan fingerprint density at radius 3 is 2.25 bits per heavy atom. The number of nitrogens with one attached hydrogen (secondary N) is 1. The maximum Gasteiger partial charge on any atom is 0.317 e. The Labute approximate surface area is 168 Å². The van der Waals surface area contributed by atoms with Crippen LogP contribution in [0.25, 0.3) is 0 Å². The van der Waals surface area contributed by atoms with Crippen molar-refractivity contribution in [2.75, 3.05) is 37.0 Å². The molecule has 4 rings (SSSR count). The molecule has 0 unspecified atom stereocenters. The summed E-state index contributed by atoms with van der Waals surface area (Å²) in [6.07, 6.45) is 12.3. The van der Waals surface area contributed by atoms with Gasteiger partial charge in [0.1, 0.15) is 18.0 Å². The number of likely N-dealkylation sites (tertiary alicyclic amines) is 1. The quantitative estimate of drug-likeness (QED) is 0.843. The number of nitrogens with zero attached hydrogens (tertiary/aromatic N) is 5. The van der Waals surface area contributed by atoms with Gasteiger partial charge < -0.3 is 20.0 Å². The summed E-state index contributed by atoms with van der Waals surface area (Å²) in [4.78, 5) is 28.1. The summed E-state index contributed by atoms with van der Waals surface area (Å²) in [6.45, 7) is 1.66. The summed E-state index contributed by atoms with van der Waals surface area (Å²) >= 11 is 0. The van der Waals surface area contributed by atoms with Crippen LogP contribution in [0.1, 0.15) is 57.8 Å². The fraction of sp³-hybridized carbons (Fsp3) is 0.762. The molecule has 0 spiro atoms. The van der Waals surface area contributed by atoms with Crippen LogP contribution in [0.3, 0.4) is 0 Å². The van der Waals surface area contributed by atoms with Crippen LogP contribution < -0.4 is 15.1 Å². The zero-order valence-electron chi connectivity index (χ0n) is 17.3. The number of rotatable bonds is 5. The van der Waals surface area contributed by atoms with E-state index < -0.39 is 0 Å². The molecule has 3 fully saturated rings. The molecule has 1 aromatic rings. The molecule has 3 aliphatic rings. The van der Waals surface area contributed by atoms with Gasteiger partial charge in [-0.25, -0.2) is 14.8 Å². The number of amides is 2. The van der Waals surface area contributed by atoms with Gasteiger partial charge in [-0.05, 0) is 38.5 Å². The molecule has 2 amide bonds.